The zero-order valence-corrected chi connectivity index (χ0v) is 16.1. The molecule has 2 N–H and O–H groups in total. The Morgan fingerprint density at radius 1 is 1.33 bits per heavy atom. The van der Waals surface area contributed by atoms with Gasteiger partial charge in [0.1, 0.15) is 5.82 Å². The Balaban J connectivity index is 1.82. The molecule has 1 aromatic carbocycles. The molecule has 1 saturated heterocycles. The molecule has 0 bridgehead atoms. The molecule has 2 aromatic rings. The van der Waals surface area contributed by atoms with Crippen LogP contribution in [0.3, 0.4) is 0 Å². The highest BCUT2D eigenvalue weighted by molar-refractivity contribution is 5.87. The Morgan fingerprint density at radius 2 is 2.07 bits per heavy atom. The lowest BCUT2D eigenvalue weighted by Gasteiger charge is -2.25. The van der Waals surface area contributed by atoms with Gasteiger partial charge in [0.2, 0.25) is 0 Å². The number of aryl methyl sites for hydroxylation is 1. The highest BCUT2D eigenvalue weighted by Gasteiger charge is 2.32. The van der Waals surface area contributed by atoms with Gasteiger partial charge in [-0.25, -0.2) is 9.18 Å². The second kappa shape index (κ2) is 6.78. The van der Waals surface area contributed by atoms with Crippen LogP contribution >= 0.6 is 0 Å². The molecule has 4 rings (SSSR count). The van der Waals surface area contributed by atoms with Gasteiger partial charge in [-0.1, -0.05) is 6.92 Å². The molecule has 0 amide bonds. The number of nitrogens with one attached hydrogen (secondary N) is 2. The number of aromatic amines is 1. The van der Waals surface area contributed by atoms with Gasteiger partial charge in [0.05, 0.1) is 16.6 Å². The largest absolute Gasteiger partial charge is 0.369 e. The van der Waals surface area contributed by atoms with Gasteiger partial charge >= 0.3 is 5.69 Å². The van der Waals surface area contributed by atoms with Crippen molar-refractivity contribution in [1.82, 2.24) is 14.9 Å². The number of H-pyrrole nitrogens is 1. The van der Waals surface area contributed by atoms with Gasteiger partial charge in [-0.05, 0) is 51.6 Å². The van der Waals surface area contributed by atoms with E-state index >= 15 is 4.39 Å². The minimum Gasteiger partial charge on any atom is -0.369 e. The van der Waals surface area contributed by atoms with E-state index in [2.05, 4.69) is 29.0 Å². The topological polar surface area (TPSA) is 70.1 Å². The van der Waals surface area contributed by atoms with Crippen LogP contribution in [0.4, 0.5) is 10.1 Å². The highest BCUT2D eigenvalue weighted by Crippen LogP contribution is 2.39. The van der Waals surface area contributed by atoms with Crippen LogP contribution in [0.25, 0.3) is 10.9 Å². The number of aromatic nitrogens is 2. The van der Waals surface area contributed by atoms with Crippen molar-refractivity contribution >= 4 is 16.6 Å². The normalized spacial score (nSPS) is 21.2. The quantitative estimate of drug-likeness (QED) is 0.843. The lowest BCUT2D eigenvalue weighted by molar-refractivity contribution is 0.410. The lowest BCUT2D eigenvalue weighted by Crippen LogP contribution is -2.35. The third-order valence-electron chi connectivity index (χ3n) is 6.07. The van der Waals surface area contributed by atoms with Gasteiger partial charge in [0, 0.05) is 30.7 Å². The van der Waals surface area contributed by atoms with Crippen molar-refractivity contribution < 1.29 is 4.39 Å². The Kier molecular flexibility index (Phi) is 4.58. The summed E-state index contributed by atoms with van der Waals surface area (Å²) in [6, 6.07) is 1.78. The maximum absolute atomic E-state index is 15.0. The molecule has 1 aliphatic heterocycles. The fraction of sp³-hybridized carbons (Fsp3) is 0.600. The number of halogens is 1. The summed E-state index contributed by atoms with van der Waals surface area (Å²) in [6.07, 6.45) is 2.83. The van der Waals surface area contributed by atoms with E-state index < -0.39 is 11.2 Å². The first kappa shape index (κ1) is 18.2. The average Bonchev–Trinajstić information content (AvgIpc) is 3.33. The number of fused-ring (bicyclic) bond motifs is 1. The van der Waals surface area contributed by atoms with Gasteiger partial charge in [0.25, 0.3) is 5.56 Å². The molecule has 2 aliphatic rings. The van der Waals surface area contributed by atoms with Gasteiger partial charge < -0.3 is 10.2 Å². The Bertz CT molecular complexity index is 992. The van der Waals surface area contributed by atoms with Crippen molar-refractivity contribution in [2.75, 3.05) is 24.5 Å². The summed E-state index contributed by atoms with van der Waals surface area (Å²) in [7, 11) is 0. The summed E-state index contributed by atoms with van der Waals surface area (Å²) in [5.41, 5.74) is 0.909. The predicted octanol–water partition coefficient (Wildman–Crippen LogP) is 2.30. The molecular weight excluding hydrogens is 347 g/mol. The van der Waals surface area contributed by atoms with E-state index in [0.29, 0.717) is 28.7 Å². The molecule has 0 spiro atoms. The molecule has 1 aromatic heterocycles. The standard InChI is InChI=1S/C20H27FN4O2/c1-4-22-12(3)13-7-8-24(10-13)18-11(2)17-15(9-16(18)21)19(26)23-20(27)25(17)14-5-6-14/h9,12-14,22H,4-8,10H2,1-3H3,(H,23,26,27)/t12-,13+/m1/s1. The van der Waals surface area contributed by atoms with Crippen LogP contribution in [-0.4, -0.2) is 35.2 Å². The lowest BCUT2D eigenvalue weighted by atomic mass is 10.0. The van der Waals surface area contributed by atoms with Crippen LogP contribution < -0.4 is 21.5 Å². The average molecular weight is 374 g/mol. The first-order valence-corrected chi connectivity index (χ1v) is 9.88. The maximum Gasteiger partial charge on any atom is 0.329 e. The van der Waals surface area contributed by atoms with Crippen molar-refractivity contribution in [2.24, 2.45) is 5.92 Å². The third-order valence-corrected chi connectivity index (χ3v) is 6.07. The zero-order chi connectivity index (χ0) is 19.3. The summed E-state index contributed by atoms with van der Waals surface area (Å²) in [6.45, 7) is 8.56. The second-order valence-corrected chi connectivity index (χ2v) is 7.93. The number of anilines is 1. The minimum atomic E-state index is -0.513. The number of hydrogen-bond acceptors (Lipinski definition) is 4. The van der Waals surface area contributed by atoms with E-state index in [4.69, 9.17) is 0 Å². The summed E-state index contributed by atoms with van der Waals surface area (Å²) < 4.78 is 16.7. The first-order chi connectivity index (χ1) is 12.9. The number of nitrogens with zero attached hydrogens (tertiary/aromatic N) is 2. The molecule has 27 heavy (non-hydrogen) atoms. The van der Waals surface area contributed by atoms with E-state index in [1.165, 1.54) is 6.07 Å². The number of rotatable bonds is 5. The van der Waals surface area contributed by atoms with Crippen LogP contribution in [0.2, 0.25) is 0 Å². The van der Waals surface area contributed by atoms with Crippen LogP contribution in [0.1, 0.15) is 44.7 Å². The molecule has 0 unspecified atom stereocenters. The highest BCUT2D eigenvalue weighted by atomic mass is 19.1. The van der Waals surface area contributed by atoms with Crippen molar-refractivity contribution in [3.8, 4) is 0 Å². The molecule has 0 radical (unpaired) electrons. The zero-order valence-electron chi connectivity index (χ0n) is 16.1. The summed E-state index contributed by atoms with van der Waals surface area (Å²) in [5.74, 6) is 0.0625. The molecule has 1 saturated carbocycles. The summed E-state index contributed by atoms with van der Waals surface area (Å²) >= 11 is 0. The van der Waals surface area contributed by atoms with E-state index in [9.17, 15) is 9.59 Å². The van der Waals surface area contributed by atoms with Gasteiger partial charge in [-0.3, -0.25) is 14.3 Å². The second-order valence-electron chi connectivity index (χ2n) is 7.93. The van der Waals surface area contributed by atoms with Crippen molar-refractivity contribution in [3.05, 3.63) is 38.3 Å². The van der Waals surface area contributed by atoms with Crippen LogP contribution in [0.5, 0.6) is 0 Å². The molecule has 7 heteroatoms. The van der Waals surface area contributed by atoms with E-state index in [0.717, 1.165) is 38.9 Å². The van der Waals surface area contributed by atoms with Crippen molar-refractivity contribution in [2.45, 2.75) is 52.1 Å². The fourth-order valence-corrected chi connectivity index (χ4v) is 4.52. The minimum absolute atomic E-state index is 0.106. The molecule has 2 heterocycles. The Labute approximate surface area is 157 Å². The van der Waals surface area contributed by atoms with Crippen molar-refractivity contribution in [1.29, 1.82) is 0 Å². The first-order valence-electron chi connectivity index (χ1n) is 9.88. The third kappa shape index (κ3) is 3.08. The molecule has 6 nitrogen and oxygen atoms in total. The molecule has 146 valence electrons. The number of hydrogen-bond donors (Lipinski definition) is 2. The van der Waals surface area contributed by atoms with E-state index in [1.807, 2.05) is 6.92 Å². The van der Waals surface area contributed by atoms with E-state index in [1.54, 1.807) is 4.57 Å². The molecule has 2 fully saturated rings. The smallest absolute Gasteiger partial charge is 0.329 e. The number of benzene rings is 1. The fourth-order valence-electron chi connectivity index (χ4n) is 4.52. The molecule has 1 aliphatic carbocycles. The van der Waals surface area contributed by atoms with Crippen LogP contribution in [0, 0.1) is 18.7 Å². The summed E-state index contributed by atoms with van der Waals surface area (Å²) in [5, 5.41) is 3.72. The molecule has 2 atom stereocenters. The van der Waals surface area contributed by atoms with Gasteiger partial charge in [-0.15, -0.1) is 0 Å². The monoisotopic (exact) mass is 374 g/mol. The van der Waals surface area contributed by atoms with Crippen molar-refractivity contribution in [3.63, 3.8) is 0 Å². The maximum atomic E-state index is 15.0. The Morgan fingerprint density at radius 3 is 2.74 bits per heavy atom. The predicted molar refractivity (Wildman–Crippen MR) is 105 cm³/mol. The summed E-state index contributed by atoms with van der Waals surface area (Å²) in [4.78, 5) is 29.1. The van der Waals surface area contributed by atoms with Crippen LogP contribution in [0.15, 0.2) is 15.7 Å². The van der Waals surface area contributed by atoms with E-state index in [-0.39, 0.29) is 17.2 Å². The Hall–Kier alpha value is -2.15. The van der Waals surface area contributed by atoms with Gasteiger partial charge in [0.15, 0.2) is 0 Å². The van der Waals surface area contributed by atoms with Gasteiger partial charge in [-0.2, -0.15) is 0 Å². The SMILES string of the molecule is CCN[C@H](C)[C@H]1CCN(c2c(F)cc3c(=O)[nH]c(=O)n(C4CC4)c3c2C)C1. The van der Waals surface area contributed by atoms with Crippen LogP contribution in [-0.2, 0) is 0 Å². The molecular formula is C20H27FN4O2.